The molecule has 0 saturated heterocycles. The summed E-state index contributed by atoms with van der Waals surface area (Å²) in [6.07, 6.45) is -21.0. The Morgan fingerprint density at radius 2 is 0.787 bits per heavy atom. The zero-order valence-electron chi connectivity index (χ0n) is 42.2. The summed E-state index contributed by atoms with van der Waals surface area (Å²) >= 11 is 0.518. The molecule has 0 aliphatic heterocycles. The molecule has 2 aromatic carbocycles. The summed E-state index contributed by atoms with van der Waals surface area (Å²) in [5.74, 6) is -80.9. The van der Waals surface area contributed by atoms with Crippen LogP contribution in [0, 0.1) is 13.8 Å². The van der Waals surface area contributed by atoms with Crippen molar-refractivity contribution in [2.75, 3.05) is 24.6 Å². The maximum Gasteiger partial charge on any atom is 0.460 e. The third-order valence-corrected chi connectivity index (χ3v) is 13.7. The minimum Gasteiger partial charge on any atom is -0.480 e. The number of unbranched alkanes of at least 4 members (excludes halogenated alkanes) is 1. The van der Waals surface area contributed by atoms with E-state index < -0.39 is 131 Å². The number of aryl methyl sites for hydroxylation is 4. The van der Waals surface area contributed by atoms with Crippen molar-refractivity contribution in [2.45, 2.75) is 175 Å². The standard InChI is InChI=1S/C46H50F26N2O4S2/c1-7-9-10-28-18-24(4)32(30(20-28)22-80-16-12-36(49,50)38(53,54)40(57,58)42(61,62)44(65,66)46(70,71)72)78-26(6)34(76)74-14-13-73-33(75)25(5)77-31-23(3)17-27(8-2)19-29(31)21-79-15-11-35(47,48)37(51,52)39(55,56)41(59,60)43(63,64)45(67,68)69/h17-20,25-26H,7-16,21-22H2,1-6H3,(H,73,75)(H,74,76). The lowest BCUT2D eigenvalue weighted by Gasteiger charge is -2.39. The fourth-order valence-corrected chi connectivity index (χ4v) is 8.90. The zero-order chi connectivity index (χ0) is 62.5. The summed E-state index contributed by atoms with van der Waals surface area (Å²) < 4.78 is 365. The molecule has 0 spiro atoms. The number of amides is 2. The molecule has 462 valence electrons. The quantitative estimate of drug-likeness (QED) is 0.0579. The average molecular weight is 1250 g/mol. The molecule has 0 saturated carbocycles. The van der Waals surface area contributed by atoms with Gasteiger partial charge in [-0.3, -0.25) is 9.59 Å². The Labute approximate surface area is 447 Å². The van der Waals surface area contributed by atoms with Gasteiger partial charge in [0.1, 0.15) is 11.5 Å². The number of ether oxygens (including phenoxy) is 2. The van der Waals surface area contributed by atoms with Crippen molar-refractivity contribution in [3.05, 3.63) is 57.6 Å². The van der Waals surface area contributed by atoms with Crippen LogP contribution in [0.3, 0.4) is 0 Å². The van der Waals surface area contributed by atoms with E-state index in [0.717, 1.165) is 0 Å². The number of carbonyl (C=O) groups excluding carboxylic acids is 2. The number of thioether (sulfide) groups is 2. The van der Waals surface area contributed by atoms with Gasteiger partial charge in [0.25, 0.3) is 11.8 Å². The highest BCUT2D eigenvalue weighted by Gasteiger charge is 2.92. The van der Waals surface area contributed by atoms with E-state index in [0.29, 0.717) is 42.4 Å². The lowest BCUT2D eigenvalue weighted by atomic mass is 9.93. The Kier molecular flexibility index (Phi) is 23.2. The fraction of sp³-hybridized carbons (Fsp3) is 0.696. The number of hydrogen-bond donors (Lipinski definition) is 2. The summed E-state index contributed by atoms with van der Waals surface area (Å²) in [4.78, 5) is 26.1. The molecule has 0 heterocycles. The molecule has 6 nitrogen and oxygen atoms in total. The SMILES string of the molecule is CCCCc1cc(C)c(OC(C)C(=O)NCCNC(=O)C(C)Oc2c(C)cc(CC)cc2CSCCC(F)(F)C(F)(F)C(F)(F)C(F)(F)C(F)(F)C(F)(F)F)c(CSCCC(F)(F)C(F)(F)C(F)(F)C(F)(F)C(F)(F)C(F)(F)F)c1. The van der Waals surface area contributed by atoms with Crippen LogP contribution in [-0.4, -0.2) is 120 Å². The molecular formula is C46H50F26N2O4S2. The summed E-state index contributed by atoms with van der Waals surface area (Å²) in [6.45, 7) is 8.03. The van der Waals surface area contributed by atoms with Crippen LogP contribution in [0.15, 0.2) is 24.3 Å². The van der Waals surface area contributed by atoms with Gasteiger partial charge in [-0.15, -0.1) is 0 Å². The van der Waals surface area contributed by atoms with Crippen molar-refractivity contribution >= 4 is 35.3 Å². The van der Waals surface area contributed by atoms with Crippen molar-refractivity contribution < 1.29 is 133 Å². The molecule has 2 unspecified atom stereocenters. The van der Waals surface area contributed by atoms with E-state index in [2.05, 4.69) is 10.6 Å². The van der Waals surface area contributed by atoms with Gasteiger partial charge < -0.3 is 20.1 Å². The highest BCUT2D eigenvalue weighted by Crippen LogP contribution is 2.62. The molecule has 0 aliphatic carbocycles. The average Bonchev–Trinajstić information content (AvgIpc) is 3.32. The van der Waals surface area contributed by atoms with Crippen molar-refractivity contribution in [1.82, 2.24) is 10.6 Å². The number of alkyl halides is 26. The van der Waals surface area contributed by atoms with E-state index in [4.69, 9.17) is 9.47 Å². The molecule has 2 atom stereocenters. The van der Waals surface area contributed by atoms with E-state index in [-0.39, 0.29) is 64.8 Å². The van der Waals surface area contributed by atoms with E-state index in [1.54, 1.807) is 13.0 Å². The zero-order valence-corrected chi connectivity index (χ0v) is 43.9. The second kappa shape index (κ2) is 25.8. The topological polar surface area (TPSA) is 76.7 Å². The maximum absolute atomic E-state index is 14.5. The van der Waals surface area contributed by atoms with Crippen LogP contribution < -0.4 is 20.1 Å². The van der Waals surface area contributed by atoms with Gasteiger partial charge in [0, 0.05) is 48.6 Å². The van der Waals surface area contributed by atoms with Crippen LogP contribution in [0.1, 0.15) is 86.8 Å². The molecule has 2 N–H and O–H groups in total. The fourth-order valence-electron chi connectivity index (χ4n) is 6.94. The van der Waals surface area contributed by atoms with E-state index >= 15 is 0 Å². The number of benzene rings is 2. The van der Waals surface area contributed by atoms with Gasteiger partial charge in [-0.2, -0.15) is 138 Å². The summed E-state index contributed by atoms with van der Waals surface area (Å²) in [5, 5.41) is 4.78. The molecule has 0 fully saturated rings. The van der Waals surface area contributed by atoms with Crippen LogP contribution >= 0.6 is 23.5 Å². The molecule has 2 rings (SSSR count). The van der Waals surface area contributed by atoms with Crippen molar-refractivity contribution in [3.8, 4) is 11.5 Å². The van der Waals surface area contributed by atoms with E-state index in [9.17, 15) is 124 Å². The second-order valence-corrected chi connectivity index (χ2v) is 20.2. The van der Waals surface area contributed by atoms with Crippen LogP contribution in [0.2, 0.25) is 0 Å². The largest absolute Gasteiger partial charge is 0.480 e. The third kappa shape index (κ3) is 14.8. The molecular weight excluding hydrogens is 1200 g/mol. The molecule has 80 heavy (non-hydrogen) atoms. The van der Waals surface area contributed by atoms with Crippen LogP contribution in [0.4, 0.5) is 114 Å². The molecule has 34 heteroatoms. The monoisotopic (exact) mass is 1250 g/mol. The van der Waals surface area contributed by atoms with Crippen LogP contribution in [0.5, 0.6) is 11.5 Å². The van der Waals surface area contributed by atoms with E-state index in [1.165, 1.54) is 45.9 Å². The van der Waals surface area contributed by atoms with Gasteiger partial charge in [-0.05, 0) is 80.7 Å². The third-order valence-electron chi connectivity index (χ3n) is 11.7. The lowest BCUT2D eigenvalue weighted by molar-refractivity contribution is -0.439. The van der Waals surface area contributed by atoms with Gasteiger partial charge in [-0.25, -0.2) is 0 Å². The predicted molar refractivity (Wildman–Crippen MR) is 240 cm³/mol. The molecule has 2 aromatic rings. The summed E-state index contributed by atoms with van der Waals surface area (Å²) in [7, 11) is 0. The normalized spacial score (nSPS) is 14.9. The second-order valence-electron chi connectivity index (χ2n) is 18.0. The Hall–Kier alpha value is -4.14. The minimum atomic E-state index is -8.05. The van der Waals surface area contributed by atoms with Gasteiger partial charge >= 0.3 is 71.6 Å². The van der Waals surface area contributed by atoms with Crippen LogP contribution in [0.25, 0.3) is 0 Å². The number of halogens is 26. The smallest absolute Gasteiger partial charge is 0.460 e. The first-order valence-corrected chi connectivity index (χ1v) is 25.4. The summed E-state index contributed by atoms with van der Waals surface area (Å²) in [5.41, 5.74) is 1.80. The Morgan fingerprint density at radius 3 is 1.10 bits per heavy atom. The first-order chi connectivity index (χ1) is 35.9. The highest BCUT2D eigenvalue weighted by atomic mass is 32.2. The number of hydrogen-bond acceptors (Lipinski definition) is 6. The maximum atomic E-state index is 14.5. The predicted octanol–water partition coefficient (Wildman–Crippen LogP) is 15.4. The molecule has 0 radical (unpaired) electrons. The first-order valence-electron chi connectivity index (χ1n) is 23.1. The van der Waals surface area contributed by atoms with E-state index in [1.807, 2.05) is 6.92 Å². The van der Waals surface area contributed by atoms with Crippen molar-refractivity contribution in [2.24, 2.45) is 0 Å². The van der Waals surface area contributed by atoms with Crippen molar-refractivity contribution in [3.63, 3.8) is 0 Å². The lowest BCUT2D eigenvalue weighted by Crippen LogP contribution is -2.70. The molecule has 0 aromatic heterocycles. The molecule has 0 aliphatic rings. The number of nitrogens with one attached hydrogen (secondary N) is 2. The molecule has 2 amide bonds. The minimum absolute atomic E-state index is 0.0542. The summed E-state index contributed by atoms with van der Waals surface area (Å²) in [6, 6.07) is 5.91. The van der Waals surface area contributed by atoms with Gasteiger partial charge in [0.2, 0.25) is 0 Å². The van der Waals surface area contributed by atoms with Gasteiger partial charge in [0.15, 0.2) is 12.2 Å². The first kappa shape index (κ1) is 72.0. The molecule has 0 bridgehead atoms. The Morgan fingerprint density at radius 1 is 0.475 bits per heavy atom. The highest BCUT2D eigenvalue weighted by molar-refractivity contribution is 7.98. The number of rotatable bonds is 31. The Balaban J connectivity index is 2.14. The van der Waals surface area contributed by atoms with Gasteiger partial charge in [0.05, 0.1) is 0 Å². The van der Waals surface area contributed by atoms with Crippen LogP contribution in [-0.2, 0) is 33.9 Å². The van der Waals surface area contributed by atoms with Crippen molar-refractivity contribution in [1.29, 1.82) is 0 Å². The van der Waals surface area contributed by atoms with Gasteiger partial charge in [-0.1, -0.05) is 44.5 Å². The number of carbonyl (C=O) groups is 2. The Bertz CT molecular complexity index is 2420.